The monoisotopic (exact) mass is 448 g/mol. The summed E-state index contributed by atoms with van der Waals surface area (Å²) in [6, 6.07) is 4.01. The third kappa shape index (κ3) is 6.72. The third-order valence-corrected chi connectivity index (χ3v) is 5.84. The van der Waals surface area contributed by atoms with Crippen molar-refractivity contribution in [3.63, 3.8) is 0 Å². The summed E-state index contributed by atoms with van der Waals surface area (Å²) >= 11 is 0. The second kappa shape index (κ2) is 11.9. The zero-order valence-corrected chi connectivity index (χ0v) is 18.9. The van der Waals surface area contributed by atoms with E-state index in [4.69, 9.17) is 0 Å². The molecule has 0 bridgehead atoms. The molecule has 2 aromatic rings. The summed E-state index contributed by atoms with van der Waals surface area (Å²) in [5, 5.41) is 16.3. The predicted octanol–water partition coefficient (Wildman–Crippen LogP) is 4.21. The van der Waals surface area contributed by atoms with Gasteiger partial charge in [0.05, 0.1) is 24.0 Å². The Morgan fingerprint density at radius 2 is 2.03 bits per heavy atom. The van der Waals surface area contributed by atoms with Crippen molar-refractivity contribution in [2.45, 2.75) is 63.8 Å². The van der Waals surface area contributed by atoms with E-state index in [1.807, 2.05) is 24.1 Å². The summed E-state index contributed by atoms with van der Waals surface area (Å²) in [5.74, 6) is 0.992. The number of nitrogens with zero attached hydrogens (tertiary/aromatic N) is 4. The van der Waals surface area contributed by atoms with Crippen LogP contribution in [0.25, 0.3) is 11.3 Å². The number of pyridine rings is 1. The van der Waals surface area contributed by atoms with Crippen molar-refractivity contribution < 1.29 is 13.9 Å². The number of aliphatic hydroxyl groups is 1. The van der Waals surface area contributed by atoms with Crippen LogP contribution in [0.5, 0.6) is 0 Å². The fraction of sp³-hybridized carbons (Fsp3) is 0.609. The van der Waals surface area contributed by atoms with Gasteiger partial charge < -0.3 is 20.6 Å². The van der Waals surface area contributed by atoms with Gasteiger partial charge in [0.1, 0.15) is 12.0 Å². The number of anilines is 3. The smallest absolute Gasteiger partial charge is 0.224 e. The van der Waals surface area contributed by atoms with E-state index in [1.54, 1.807) is 19.3 Å². The number of alkyl halides is 2. The number of hydrogen-bond acceptors (Lipinski definition) is 7. The fourth-order valence-corrected chi connectivity index (χ4v) is 3.75. The molecule has 9 heteroatoms. The summed E-state index contributed by atoms with van der Waals surface area (Å²) in [6.07, 6.45) is 6.27. The summed E-state index contributed by atoms with van der Waals surface area (Å²) in [7, 11) is 1.92. The lowest BCUT2D eigenvalue weighted by Crippen LogP contribution is -2.29. The van der Waals surface area contributed by atoms with Crippen LogP contribution in [0.1, 0.15) is 45.4 Å². The maximum Gasteiger partial charge on any atom is 0.224 e. The molecule has 3 rings (SSSR count). The Morgan fingerprint density at radius 1 is 1.25 bits per heavy atom. The van der Waals surface area contributed by atoms with Crippen LogP contribution in [0.15, 0.2) is 24.5 Å². The number of hydrogen-bond donors (Lipinski definition) is 3. The maximum atomic E-state index is 13.7. The molecule has 0 amide bonds. The Labute approximate surface area is 188 Å². The topological polar surface area (TPSA) is 86.2 Å². The molecule has 2 aromatic heterocycles. The molecule has 0 radical (unpaired) electrons. The highest BCUT2D eigenvalue weighted by Gasteiger charge is 2.22. The molecule has 0 unspecified atom stereocenters. The van der Waals surface area contributed by atoms with Crippen LogP contribution >= 0.6 is 0 Å². The Hall–Kier alpha value is -2.55. The Morgan fingerprint density at radius 3 is 2.75 bits per heavy atom. The van der Waals surface area contributed by atoms with E-state index >= 15 is 0 Å². The Kier molecular flexibility index (Phi) is 8.96. The molecule has 0 spiro atoms. The van der Waals surface area contributed by atoms with Gasteiger partial charge >= 0.3 is 0 Å². The van der Waals surface area contributed by atoms with Crippen LogP contribution in [0.2, 0.25) is 0 Å². The van der Waals surface area contributed by atoms with E-state index in [9.17, 15) is 13.9 Å². The van der Waals surface area contributed by atoms with E-state index in [0.717, 1.165) is 36.9 Å². The lowest BCUT2D eigenvalue weighted by molar-refractivity contribution is 0.126. The second-order valence-electron chi connectivity index (χ2n) is 8.36. The summed E-state index contributed by atoms with van der Waals surface area (Å²) in [5.41, 5.74) is 2.38. The Balaban J connectivity index is 1.86. The van der Waals surface area contributed by atoms with Crippen molar-refractivity contribution in [1.82, 2.24) is 15.0 Å². The van der Waals surface area contributed by atoms with Crippen LogP contribution in [-0.2, 0) is 0 Å². The van der Waals surface area contributed by atoms with Gasteiger partial charge in [-0.1, -0.05) is 6.92 Å². The maximum absolute atomic E-state index is 13.7. The van der Waals surface area contributed by atoms with E-state index in [0.29, 0.717) is 36.8 Å². The van der Waals surface area contributed by atoms with Gasteiger partial charge in [-0.15, -0.1) is 0 Å². The average molecular weight is 449 g/mol. The zero-order valence-electron chi connectivity index (χ0n) is 18.9. The van der Waals surface area contributed by atoms with Crippen LogP contribution in [-0.4, -0.2) is 65.2 Å². The number of halogens is 2. The first kappa shape index (κ1) is 24.1. The molecule has 1 saturated carbocycles. The zero-order chi connectivity index (χ0) is 22.9. The molecule has 3 N–H and O–H groups in total. The van der Waals surface area contributed by atoms with Crippen LogP contribution in [0.3, 0.4) is 0 Å². The van der Waals surface area contributed by atoms with Crippen molar-refractivity contribution in [3.05, 3.63) is 24.5 Å². The van der Waals surface area contributed by atoms with Crippen LogP contribution < -0.4 is 15.5 Å². The predicted molar refractivity (Wildman–Crippen MR) is 125 cm³/mol. The standard InChI is InChI=1S/C23H34F2N6O/c1-3-16(25)14-27-23-28-15-20(22(30-23)29-17-5-7-19(32)8-6-17)21-13-18(9-11-26-21)31(2)12-4-10-24/h9,11,13,15-17,19,32H,3-8,10,12,14H2,1-2H3,(H2,27,28,29,30)/t16-,17-,19-/m0/s1. The molecule has 2 heterocycles. The van der Waals surface area contributed by atoms with Crippen molar-refractivity contribution in [2.75, 3.05) is 42.3 Å². The van der Waals surface area contributed by atoms with Crippen molar-refractivity contribution >= 4 is 17.5 Å². The molecule has 0 saturated heterocycles. The number of aromatic nitrogens is 3. The largest absolute Gasteiger partial charge is 0.393 e. The van der Waals surface area contributed by atoms with E-state index in [2.05, 4.69) is 25.6 Å². The lowest BCUT2D eigenvalue weighted by Gasteiger charge is -2.27. The van der Waals surface area contributed by atoms with Gasteiger partial charge in [-0.05, 0) is 50.7 Å². The number of nitrogens with one attached hydrogen (secondary N) is 2. The van der Waals surface area contributed by atoms with E-state index in [1.165, 1.54) is 0 Å². The minimum absolute atomic E-state index is 0.151. The summed E-state index contributed by atoms with van der Waals surface area (Å²) in [4.78, 5) is 15.5. The van der Waals surface area contributed by atoms with Gasteiger partial charge in [0.25, 0.3) is 0 Å². The minimum atomic E-state index is -0.965. The van der Waals surface area contributed by atoms with Gasteiger partial charge in [0.2, 0.25) is 5.95 Å². The van der Waals surface area contributed by atoms with Gasteiger partial charge in [0.15, 0.2) is 0 Å². The van der Waals surface area contributed by atoms with Gasteiger partial charge in [-0.3, -0.25) is 9.37 Å². The lowest BCUT2D eigenvalue weighted by atomic mass is 9.93. The second-order valence-corrected chi connectivity index (χ2v) is 8.36. The molecule has 32 heavy (non-hydrogen) atoms. The molecule has 1 aliphatic carbocycles. The van der Waals surface area contributed by atoms with Crippen molar-refractivity contribution in [3.8, 4) is 11.3 Å². The molecular weight excluding hydrogens is 414 g/mol. The first-order chi connectivity index (χ1) is 15.5. The number of aliphatic hydroxyl groups excluding tert-OH is 1. The quantitative estimate of drug-likeness (QED) is 0.475. The normalized spacial score (nSPS) is 19.4. The first-order valence-electron chi connectivity index (χ1n) is 11.4. The molecule has 1 atom stereocenters. The fourth-order valence-electron chi connectivity index (χ4n) is 3.75. The first-order valence-corrected chi connectivity index (χ1v) is 11.4. The van der Waals surface area contributed by atoms with Crippen LogP contribution in [0, 0.1) is 0 Å². The molecule has 7 nitrogen and oxygen atoms in total. The number of rotatable bonds is 11. The van der Waals surface area contributed by atoms with Crippen molar-refractivity contribution in [2.24, 2.45) is 0 Å². The summed E-state index contributed by atoms with van der Waals surface area (Å²) in [6.45, 7) is 2.20. The highest BCUT2D eigenvalue weighted by Crippen LogP contribution is 2.30. The minimum Gasteiger partial charge on any atom is -0.393 e. The highest BCUT2D eigenvalue weighted by molar-refractivity contribution is 5.75. The molecule has 1 aliphatic rings. The Bertz CT molecular complexity index is 847. The van der Waals surface area contributed by atoms with E-state index in [-0.39, 0.29) is 25.4 Å². The van der Waals surface area contributed by atoms with Crippen LogP contribution in [0.4, 0.5) is 26.2 Å². The van der Waals surface area contributed by atoms with E-state index < -0.39 is 6.17 Å². The molecule has 1 fully saturated rings. The van der Waals surface area contributed by atoms with Gasteiger partial charge in [0, 0.05) is 44.3 Å². The molecule has 176 valence electrons. The molecule has 0 aliphatic heterocycles. The van der Waals surface area contributed by atoms with Gasteiger partial charge in [-0.25, -0.2) is 9.37 Å². The summed E-state index contributed by atoms with van der Waals surface area (Å²) < 4.78 is 26.3. The van der Waals surface area contributed by atoms with Gasteiger partial charge in [-0.2, -0.15) is 4.98 Å². The highest BCUT2D eigenvalue weighted by atomic mass is 19.1. The van der Waals surface area contributed by atoms with Crippen molar-refractivity contribution in [1.29, 1.82) is 0 Å². The third-order valence-electron chi connectivity index (χ3n) is 5.84. The average Bonchev–Trinajstić information content (AvgIpc) is 2.82. The molecule has 0 aromatic carbocycles. The molecular formula is C23H34F2N6O. The SMILES string of the molecule is CC[C@H](F)CNc1ncc(-c2cc(N(C)CCCF)ccn2)c(N[C@H]2CC[C@H](O)CC2)n1.